The predicted octanol–water partition coefficient (Wildman–Crippen LogP) is 3.04. The van der Waals surface area contributed by atoms with Gasteiger partial charge in [-0.3, -0.25) is 14.9 Å². The SMILES string of the molecule is CCCCCc1nnc(NC(=O)CN(C)C(=O)c2cccs2)s1. The summed E-state index contributed by atoms with van der Waals surface area (Å²) in [5.74, 6) is -0.429. The molecule has 0 spiro atoms. The number of anilines is 1. The number of nitrogens with one attached hydrogen (secondary N) is 1. The number of unbranched alkanes of at least 4 members (excludes halogenated alkanes) is 2. The van der Waals surface area contributed by atoms with E-state index in [1.54, 1.807) is 13.1 Å². The fourth-order valence-corrected chi connectivity index (χ4v) is 3.48. The number of aryl methyl sites for hydroxylation is 1. The predicted molar refractivity (Wildman–Crippen MR) is 93.0 cm³/mol. The van der Waals surface area contributed by atoms with Crippen LogP contribution in [0.4, 0.5) is 5.13 Å². The van der Waals surface area contributed by atoms with Crippen LogP contribution in [0.2, 0.25) is 0 Å². The van der Waals surface area contributed by atoms with E-state index in [1.165, 1.54) is 27.6 Å². The molecule has 8 heteroatoms. The second-order valence-corrected chi connectivity index (χ2v) is 7.15. The Labute approximate surface area is 143 Å². The lowest BCUT2D eigenvalue weighted by Crippen LogP contribution is -2.34. The van der Waals surface area contributed by atoms with Gasteiger partial charge in [0.2, 0.25) is 11.0 Å². The minimum atomic E-state index is -0.270. The molecule has 2 heterocycles. The van der Waals surface area contributed by atoms with Crippen molar-refractivity contribution in [3.8, 4) is 0 Å². The zero-order chi connectivity index (χ0) is 16.7. The van der Waals surface area contributed by atoms with Crippen LogP contribution in [0.25, 0.3) is 0 Å². The van der Waals surface area contributed by atoms with E-state index in [4.69, 9.17) is 0 Å². The van der Waals surface area contributed by atoms with Crippen molar-refractivity contribution in [2.24, 2.45) is 0 Å². The lowest BCUT2D eigenvalue weighted by Gasteiger charge is -2.14. The molecule has 2 amide bonds. The molecule has 2 aromatic rings. The van der Waals surface area contributed by atoms with Gasteiger partial charge in [-0.15, -0.1) is 21.5 Å². The lowest BCUT2D eigenvalue weighted by atomic mass is 10.2. The van der Waals surface area contributed by atoms with Gasteiger partial charge in [-0.05, 0) is 17.9 Å². The van der Waals surface area contributed by atoms with Gasteiger partial charge in [0.1, 0.15) is 5.01 Å². The van der Waals surface area contributed by atoms with Gasteiger partial charge in [0.15, 0.2) is 0 Å². The fourth-order valence-electron chi connectivity index (χ4n) is 1.97. The van der Waals surface area contributed by atoms with Crippen LogP contribution in [0.1, 0.15) is 40.9 Å². The van der Waals surface area contributed by atoms with Crippen LogP contribution >= 0.6 is 22.7 Å². The molecule has 0 bridgehead atoms. The summed E-state index contributed by atoms with van der Waals surface area (Å²) in [5, 5.41) is 14.0. The highest BCUT2D eigenvalue weighted by Gasteiger charge is 2.16. The number of likely N-dealkylation sites (N-methyl/N-ethyl adjacent to an activating group) is 1. The number of amides is 2. The van der Waals surface area contributed by atoms with Crippen LogP contribution in [0.5, 0.6) is 0 Å². The highest BCUT2D eigenvalue weighted by atomic mass is 32.1. The number of carbonyl (C=O) groups is 2. The van der Waals surface area contributed by atoms with Crippen LogP contribution in [0.3, 0.4) is 0 Å². The Hall–Kier alpha value is -1.80. The molecule has 0 radical (unpaired) electrons. The molecule has 23 heavy (non-hydrogen) atoms. The normalized spacial score (nSPS) is 10.5. The van der Waals surface area contributed by atoms with E-state index in [2.05, 4.69) is 22.4 Å². The van der Waals surface area contributed by atoms with Gasteiger partial charge < -0.3 is 4.90 Å². The molecule has 0 saturated heterocycles. The maximum Gasteiger partial charge on any atom is 0.264 e. The Kier molecular flexibility index (Phi) is 6.66. The molecule has 2 aromatic heterocycles. The van der Waals surface area contributed by atoms with Crippen molar-refractivity contribution in [2.45, 2.75) is 32.6 Å². The summed E-state index contributed by atoms with van der Waals surface area (Å²) in [6.07, 6.45) is 4.29. The second kappa shape index (κ2) is 8.73. The van der Waals surface area contributed by atoms with E-state index < -0.39 is 0 Å². The van der Waals surface area contributed by atoms with Gasteiger partial charge in [-0.25, -0.2) is 0 Å². The third-order valence-corrected chi connectivity index (χ3v) is 4.92. The highest BCUT2D eigenvalue weighted by Crippen LogP contribution is 2.17. The monoisotopic (exact) mass is 352 g/mol. The first-order valence-electron chi connectivity index (χ1n) is 7.51. The number of hydrogen-bond acceptors (Lipinski definition) is 6. The van der Waals surface area contributed by atoms with E-state index >= 15 is 0 Å². The van der Waals surface area contributed by atoms with Crippen molar-refractivity contribution in [3.05, 3.63) is 27.4 Å². The molecule has 2 rings (SSSR count). The van der Waals surface area contributed by atoms with E-state index in [9.17, 15) is 9.59 Å². The molecule has 0 atom stereocenters. The van der Waals surface area contributed by atoms with Gasteiger partial charge in [-0.1, -0.05) is 37.2 Å². The van der Waals surface area contributed by atoms with Crippen LogP contribution in [0, 0.1) is 0 Å². The summed E-state index contributed by atoms with van der Waals surface area (Å²) >= 11 is 2.75. The van der Waals surface area contributed by atoms with Gasteiger partial charge in [0.05, 0.1) is 11.4 Å². The van der Waals surface area contributed by atoms with Crippen LogP contribution < -0.4 is 5.32 Å². The van der Waals surface area contributed by atoms with Crippen molar-refractivity contribution in [3.63, 3.8) is 0 Å². The number of carbonyl (C=O) groups excluding carboxylic acids is 2. The van der Waals surface area contributed by atoms with Crippen molar-refractivity contribution < 1.29 is 9.59 Å². The molecule has 0 unspecified atom stereocenters. The Bertz CT molecular complexity index is 640. The molecule has 0 saturated carbocycles. The summed E-state index contributed by atoms with van der Waals surface area (Å²) in [6.45, 7) is 2.14. The van der Waals surface area contributed by atoms with Crippen molar-refractivity contribution >= 4 is 39.6 Å². The van der Waals surface area contributed by atoms with Crippen LogP contribution in [-0.4, -0.2) is 40.5 Å². The van der Waals surface area contributed by atoms with Gasteiger partial charge in [0.25, 0.3) is 5.91 Å². The summed E-state index contributed by atoms with van der Waals surface area (Å²) in [6, 6.07) is 3.56. The summed E-state index contributed by atoms with van der Waals surface area (Å²) in [4.78, 5) is 26.1. The average Bonchev–Trinajstić information content (AvgIpc) is 3.18. The number of aromatic nitrogens is 2. The second-order valence-electron chi connectivity index (χ2n) is 5.14. The highest BCUT2D eigenvalue weighted by molar-refractivity contribution is 7.15. The maximum atomic E-state index is 12.1. The first-order valence-corrected chi connectivity index (χ1v) is 9.21. The smallest absolute Gasteiger partial charge is 0.264 e. The molecule has 0 aliphatic rings. The van der Waals surface area contributed by atoms with Crippen molar-refractivity contribution in [2.75, 3.05) is 18.9 Å². The third kappa shape index (κ3) is 5.40. The zero-order valence-corrected chi connectivity index (χ0v) is 14.9. The van der Waals surface area contributed by atoms with Crippen molar-refractivity contribution in [1.29, 1.82) is 0 Å². The fraction of sp³-hybridized carbons (Fsp3) is 0.467. The van der Waals surface area contributed by atoms with Gasteiger partial charge in [0, 0.05) is 13.5 Å². The molecular weight excluding hydrogens is 332 g/mol. The molecule has 1 N–H and O–H groups in total. The molecule has 124 valence electrons. The van der Waals surface area contributed by atoms with E-state index in [-0.39, 0.29) is 18.4 Å². The Morgan fingerprint density at radius 1 is 1.30 bits per heavy atom. The summed E-state index contributed by atoms with van der Waals surface area (Å²) in [5.41, 5.74) is 0. The van der Waals surface area contributed by atoms with Crippen LogP contribution in [0.15, 0.2) is 17.5 Å². The largest absolute Gasteiger partial charge is 0.332 e. The lowest BCUT2D eigenvalue weighted by molar-refractivity contribution is -0.116. The molecule has 0 aromatic carbocycles. The van der Waals surface area contributed by atoms with E-state index in [0.29, 0.717) is 10.0 Å². The van der Waals surface area contributed by atoms with Crippen LogP contribution in [-0.2, 0) is 11.2 Å². The first-order chi connectivity index (χ1) is 11.1. The van der Waals surface area contributed by atoms with Gasteiger partial charge >= 0.3 is 0 Å². The number of rotatable bonds is 8. The Balaban J connectivity index is 1.81. The topological polar surface area (TPSA) is 75.2 Å². The Morgan fingerprint density at radius 2 is 2.13 bits per heavy atom. The molecule has 0 fully saturated rings. The zero-order valence-electron chi connectivity index (χ0n) is 13.2. The minimum absolute atomic E-state index is 0.0124. The first kappa shape index (κ1) is 17.6. The number of nitrogens with zero attached hydrogens (tertiary/aromatic N) is 3. The molecule has 6 nitrogen and oxygen atoms in total. The molecule has 0 aliphatic heterocycles. The summed E-state index contributed by atoms with van der Waals surface area (Å²) < 4.78 is 0. The van der Waals surface area contributed by atoms with E-state index in [0.717, 1.165) is 30.7 Å². The number of hydrogen-bond donors (Lipinski definition) is 1. The number of thiophene rings is 1. The average molecular weight is 352 g/mol. The standard InChI is InChI=1S/C15H20N4O2S2/c1-3-4-5-8-13-17-18-15(23-13)16-12(20)10-19(2)14(21)11-7-6-9-22-11/h6-7,9H,3-5,8,10H2,1-2H3,(H,16,18,20). The van der Waals surface area contributed by atoms with Gasteiger partial charge in [-0.2, -0.15) is 0 Å². The summed E-state index contributed by atoms with van der Waals surface area (Å²) in [7, 11) is 1.61. The molecule has 0 aliphatic carbocycles. The van der Waals surface area contributed by atoms with Crippen molar-refractivity contribution in [1.82, 2.24) is 15.1 Å². The molecular formula is C15H20N4O2S2. The minimum Gasteiger partial charge on any atom is -0.332 e. The van der Waals surface area contributed by atoms with E-state index in [1.807, 2.05) is 11.4 Å². The quantitative estimate of drug-likeness (QED) is 0.741. The third-order valence-electron chi connectivity index (χ3n) is 3.17. The Morgan fingerprint density at radius 3 is 2.83 bits per heavy atom. The maximum absolute atomic E-state index is 12.1.